The van der Waals surface area contributed by atoms with E-state index in [-0.39, 0.29) is 17.3 Å². The largest absolute Gasteiger partial charge is 0.421 e. The summed E-state index contributed by atoms with van der Waals surface area (Å²) in [5.41, 5.74) is 0.477. The highest BCUT2D eigenvalue weighted by molar-refractivity contribution is 5.64. The molecule has 2 N–H and O–H groups in total. The molecule has 0 bridgehead atoms. The lowest BCUT2D eigenvalue weighted by Crippen LogP contribution is -2.12. The zero-order chi connectivity index (χ0) is 21.0. The van der Waals surface area contributed by atoms with Crippen molar-refractivity contribution < 1.29 is 18.1 Å². The zero-order valence-corrected chi connectivity index (χ0v) is 15.2. The number of nitro benzene ring substituents is 1. The fourth-order valence-electron chi connectivity index (χ4n) is 2.53. The predicted octanol–water partition coefficient (Wildman–Crippen LogP) is 5.45. The van der Waals surface area contributed by atoms with Gasteiger partial charge in [-0.3, -0.25) is 10.1 Å². The van der Waals surface area contributed by atoms with Crippen LogP contribution in [0.1, 0.15) is 18.1 Å². The molecule has 3 aromatic rings. The first-order valence-electron chi connectivity index (χ1n) is 8.58. The maximum Gasteiger partial charge on any atom is 0.421 e. The standard InChI is InChI=1S/C19H16F3N5O2/c1-2-12-6-8-13(9-7-12)25-18-23-11-16(19(20,21)22)17(26-18)24-14-4-3-5-15(10-14)27(28)29/h3-11H,2H2,1H3,(H2,23,24,25,26). The lowest BCUT2D eigenvalue weighted by Gasteiger charge is -2.15. The van der Waals surface area contributed by atoms with Crippen LogP contribution in [0.25, 0.3) is 0 Å². The van der Waals surface area contributed by atoms with Crippen LogP contribution in [0.5, 0.6) is 0 Å². The molecule has 0 fully saturated rings. The number of nitrogens with zero attached hydrogens (tertiary/aromatic N) is 3. The normalized spacial score (nSPS) is 11.2. The van der Waals surface area contributed by atoms with Crippen molar-refractivity contribution in [2.24, 2.45) is 0 Å². The third-order valence-electron chi connectivity index (χ3n) is 4.03. The van der Waals surface area contributed by atoms with Gasteiger partial charge in [0.1, 0.15) is 11.4 Å². The number of alkyl halides is 3. The molecule has 0 unspecified atom stereocenters. The molecule has 0 saturated carbocycles. The van der Waals surface area contributed by atoms with Crippen molar-refractivity contribution in [2.75, 3.05) is 10.6 Å². The van der Waals surface area contributed by atoms with Crippen molar-refractivity contribution in [2.45, 2.75) is 19.5 Å². The number of non-ortho nitro benzene ring substituents is 1. The monoisotopic (exact) mass is 403 g/mol. The fraction of sp³-hybridized carbons (Fsp3) is 0.158. The van der Waals surface area contributed by atoms with Crippen LogP contribution in [-0.4, -0.2) is 14.9 Å². The maximum atomic E-state index is 13.4. The first kappa shape index (κ1) is 20.1. The lowest BCUT2D eigenvalue weighted by molar-refractivity contribution is -0.384. The Labute approximate surface area is 163 Å². The lowest BCUT2D eigenvalue weighted by atomic mass is 10.1. The molecule has 0 radical (unpaired) electrons. The van der Waals surface area contributed by atoms with Crippen LogP contribution >= 0.6 is 0 Å². The smallest absolute Gasteiger partial charge is 0.339 e. The number of aryl methyl sites for hydroxylation is 1. The minimum absolute atomic E-state index is 0.0461. The number of halogens is 3. The molecule has 7 nitrogen and oxygen atoms in total. The first-order valence-corrected chi connectivity index (χ1v) is 8.58. The Bertz CT molecular complexity index is 1020. The molecule has 0 aliphatic heterocycles. The van der Waals surface area contributed by atoms with Crippen molar-refractivity contribution in [3.63, 3.8) is 0 Å². The SMILES string of the molecule is CCc1ccc(Nc2ncc(C(F)(F)F)c(Nc3cccc([N+](=O)[O-])c3)n2)cc1. The molecule has 0 spiro atoms. The number of hydrogen-bond donors (Lipinski definition) is 2. The molecule has 1 aromatic heterocycles. The Hall–Kier alpha value is -3.69. The molecule has 29 heavy (non-hydrogen) atoms. The van der Waals surface area contributed by atoms with E-state index in [1.165, 1.54) is 18.2 Å². The molecule has 0 aliphatic rings. The van der Waals surface area contributed by atoms with Gasteiger partial charge in [0.25, 0.3) is 5.69 Å². The molecule has 3 rings (SSSR count). The van der Waals surface area contributed by atoms with Crippen LogP contribution in [0.4, 0.5) is 42.0 Å². The predicted molar refractivity (Wildman–Crippen MR) is 103 cm³/mol. The van der Waals surface area contributed by atoms with E-state index in [1.54, 1.807) is 12.1 Å². The highest BCUT2D eigenvalue weighted by Gasteiger charge is 2.35. The van der Waals surface area contributed by atoms with Crippen LogP contribution < -0.4 is 10.6 Å². The number of aromatic nitrogens is 2. The Balaban J connectivity index is 1.93. The van der Waals surface area contributed by atoms with Gasteiger partial charge in [0.2, 0.25) is 5.95 Å². The Morgan fingerprint density at radius 2 is 1.79 bits per heavy atom. The quantitative estimate of drug-likeness (QED) is 0.420. The molecule has 0 saturated heterocycles. The van der Waals surface area contributed by atoms with E-state index in [0.29, 0.717) is 11.9 Å². The average Bonchev–Trinajstić information content (AvgIpc) is 2.68. The number of benzene rings is 2. The molecule has 0 atom stereocenters. The number of rotatable bonds is 6. The van der Waals surface area contributed by atoms with Gasteiger partial charge >= 0.3 is 6.18 Å². The van der Waals surface area contributed by atoms with Gasteiger partial charge in [-0.1, -0.05) is 25.1 Å². The minimum atomic E-state index is -4.70. The number of anilines is 4. The second-order valence-electron chi connectivity index (χ2n) is 6.06. The van der Waals surface area contributed by atoms with Gasteiger partial charge in [-0.05, 0) is 30.2 Å². The van der Waals surface area contributed by atoms with Gasteiger partial charge in [-0.15, -0.1) is 0 Å². The van der Waals surface area contributed by atoms with E-state index in [4.69, 9.17) is 0 Å². The van der Waals surface area contributed by atoms with Gasteiger partial charge in [0.15, 0.2) is 0 Å². The van der Waals surface area contributed by atoms with Crippen LogP contribution in [0.2, 0.25) is 0 Å². The summed E-state index contributed by atoms with van der Waals surface area (Å²) < 4.78 is 40.1. The van der Waals surface area contributed by atoms with Crippen LogP contribution in [-0.2, 0) is 12.6 Å². The van der Waals surface area contributed by atoms with E-state index in [0.717, 1.165) is 18.1 Å². The highest BCUT2D eigenvalue weighted by Crippen LogP contribution is 2.35. The summed E-state index contributed by atoms with van der Waals surface area (Å²) in [6.45, 7) is 2.01. The van der Waals surface area contributed by atoms with Crippen LogP contribution in [0.15, 0.2) is 54.7 Å². The van der Waals surface area contributed by atoms with Crippen molar-refractivity contribution in [3.8, 4) is 0 Å². The highest BCUT2D eigenvalue weighted by atomic mass is 19.4. The Morgan fingerprint density at radius 3 is 2.41 bits per heavy atom. The summed E-state index contributed by atoms with van der Waals surface area (Å²) in [5, 5.41) is 16.3. The van der Waals surface area contributed by atoms with Crippen molar-refractivity contribution in [1.82, 2.24) is 9.97 Å². The Morgan fingerprint density at radius 1 is 1.07 bits per heavy atom. The number of nitro groups is 1. The van der Waals surface area contributed by atoms with Crippen LogP contribution in [0, 0.1) is 10.1 Å². The van der Waals surface area contributed by atoms with Crippen LogP contribution in [0.3, 0.4) is 0 Å². The topological polar surface area (TPSA) is 93.0 Å². The van der Waals surface area contributed by atoms with E-state index in [2.05, 4.69) is 20.6 Å². The molecule has 0 aliphatic carbocycles. The first-order chi connectivity index (χ1) is 13.8. The summed E-state index contributed by atoms with van der Waals surface area (Å²) in [6.07, 6.45) is -3.19. The van der Waals surface area contributed by atoms with E-state index in [9.17, 15) is 23.3 Å². The third kappa shape index (κ3) is 4.98. The van der Waals surface area contributed by atoms with Crippen molar-refractivity contribution in [3.05, 3.63) is 76.0 Å². The molecule has 150 valence electrons. The molecule has 0 amide bonds. The number of nitrogens with one attached hydrogen (secondary N) is 2. The zero-order valence-electron chi connectivity index (χ0n) is 15.2. The van der Waals surface area contributed by atoms with Gasteiger partial charge < -0.3 is 10.6 Å². The summed E-state index contributed by atoms with van der Waals surface area (Å²) in [7, 11) is 0. The van der Waals surface area contributed by atoms with Gasteiger partial charge in [-0.25, -0.2) is 4.98 Å². The van der Waals surface area contributed by atoms with Crippen molar-refractivity contribution >= 4 is 28.8 Å². The Kier molecular flexibility index (Phi) is 5.62. The van der Waals surface area contributed by atoms with E-state index < -0.39 is 22.5 Å². The molecular formula is C19H16F3N5O2. The number of hydrogen-bond acceptors (Lipinski definition) is 6. The minimum Gasteiger partial charge on any atom is -0.339 e. The summed E-state index contributed by atoms with van der Waals surface area (Å²) in [6, 6.07) is 12.4. The summed E-state index contributed by atoms with van der Waals surface area (Å²) >= 11 is 0. The van der Waals surface area contributed by atoms with E-state index in [1.807, 2.05) is 19.1 Å². The van der Waals surface area contributed by atoms with Gasteiger partial charge in [0.05, 0.1) is 4.92 Å². The van der Waals surface area contributed by atoms with Gasteiger partial charge in [-0.2, -0.15) is 18.2 Å². The second kappa shape index (κ2) is 8.13. The molecular weight excluding hydrogens is 387 g/mol. The molecule has 10 heteroatoms. The molecule has 2 aromatic carbocycles. The second-order valence-corrected chi connectivity index (χ2v) is 6.06. The van der Waals surface area contributed by atoms with E-state index >= 15 is 0 Å². The van der Waals surface area contributed by atoms with Gasteiger partial charge in [0, 0.05) is 29.7 Å². The fourth-order valence-corrected chi connectivity index (χ4v) is 2.53. The molecule has 1 heterocycles. The summed E-state index contributed by atoms with van der Waals surface area (Å²) in [4.78, 5) is 17.9. The summed E-state index contributed by atoms with van der Waals surface area (Å²) in [5.74, 6) is -0.559. The van der Waals surface area contributed by atoms with Crippen molar-refractivity contribution in [1.29, 1.82) is 0 Å². The third-order valence-corrected chi connectivity index (χ3v) is 4.03. The maximum absolute atomic E-state index is 13.4. The average molecular weight is 403 g/mol.